The molecule has 2 saturated heterocycles. The Labute approximate surface area is 151 Å². The first-order valence-electron chi connectivity index (χ1n) is 9.62. The number of amides is 1. The number of hydrogen-bond acceptors (Lipinski definition) is 4. The Kier molecular flexibility index (Phi) is 5.74. The molecule has 5 heteroatoms. The largest absolute Gasteiger partial charge is 0.385 e. The highest BCUT2D eigenvalue weighted by atomic mass is 16.3. The summed E-state index contributed by atoms with van der Waals surface area (Å²) in [5.41, 5.74) is 0.0244. The molecule has 0 aromatic carbocycles. The highest BCUT2D eigenvalue weighted by Gasteiger charge is 2.36. The lowest BCUT2D eigenvalue weighted by molar-refractivity contribution is -0.137. The fraction of sp³-hybridized carbons (Fsp3) is 0.700. The minimum atomic E-state index is -0.840. The van der Waals surface area contributed by atoms with Crippen LogP contribution in [0.5, 0.6) is 0 Å². The van der Waals surface area contributed by atoms with E-state index in [2.05, 4.69) is 23.7 Å². The average Bonchev–Trinajstić information content (AvgIpc) is 2.63. The molecule has 0 radical (unpaired) electrons. The predicted octanol–water partition coefficient (Wildman–Crippen LogP) is 2.40. The summed E-state index contributed by atoms with van der Waals surface area (Å²) in [6, 6.07) is 4.38. The molecule has 138 valence electrons. The van der Waals surface area contributed by atoms with E-state index in [0.29, 0.717) is 44.3 Å². The molecule has 1 N–H and O–H groups in total. The Morgan fingerprint density at radius 2 is 1.96 bits per heavy atom. The van der Waals surface area contributed by atoms with Gasteiger partial charge >= 0.3 is 0 Å². The van der Waals surface area contributed by atoms with Gasteiger partial charge in [0.2, 0.25) is 5.91 Å². The quantitative estimate of drug-likeness (QED) is 0.910. The molecule has 2 aliphatic heterocycles. The van der Waals surface area contributed by atoms with Crippen LogP contribution in [-0.2, 0) is 10.4 Å². The molecule has 1 aromatic heterocycles. The molecule has 1 aromatic rings. The molecule has 0 atom stereocenters. The van der Waals surface area contributed by atoms with Gasteiger partial charge in [-0.15, -0.1) is 0 Å². The Balaban J connectivity index is 1.48. The van der Waals surface area contributed by atoms with Gasteiger partial charge in [0.25, 0.3) is 0 Å². The van der Waals surface area contributed by atoms with Gasteiger partial charge in [0.1, 0.15) is 0 Å². The van der Waals surface area contributed by atoms with Crippen LogP contribution in [0, 0.1) is 5.92 Å². The molecule has 25 heavy (non-hydrogen) atoms. The van der Waals surface area contributed by atoms with E-state index >= 15 is 0 Å². The molecule has 2 fully saturated rings. The number of aliphatic hydroxyl groups is 1. The van der Waals surface area contributed by atoms with Crippen molar-refractivity contribution < 1.29 is 9.90 Å². The van der Waals surface area contributed by atoms with Crippen LogP contribution in [0.1, 0.15) is 51.5 Å². The van der Waals surface area contributed by atoms with E-state index in [0.717, 1.165) is 31.5 Å². The zero-order valence-electron chi connectivity index (χ0n) is 15.5. The van der Waals surface area contributed by atoms with Crippen molar-refractivity contribution in [3.63, 3.8) is 0 Å². The van der Waals surface area contributed by atoms with Crippen molar-refractivity contribution >= 4 is 5.91 Å². The van der Waals surface area contributed by atoms with Gasteiger partial charge in [0, 0.05) is 43.5 Å². The van der Waals surface area contributed by atoms with Gasteiger partial charge in [-0.3, -0.25) is 9.78 Å². The Morgan fingerprint density at radius 1 is 1.28 bits per heavy atom. The minimum Gasteiger partial charge on any atom is -0.385 e. The van der Waals surface area contributed by atoms with E-state index in [1.54, 1.807) is 12.4 Å². The number of likely N-dealkylation sites (tertiary alicyclic amines) is 2. The van der Waals surface area contributed by atoms with Crippen LogP contribution in [0.15, 0.2) is 24.5 Å². The number of carbonyl (C=O) groups excluding carboxylic acids is 1. The molecule has 0 unspecified atom stereocenters. The van der Waals surface area contributed by atoms with E-state index in [9.17, 15) is 9.90 Å². The van der Waals surface area contributed by atoms with Crippen molar-refractivity contribution in [1.82, 2.24) is 14.8 Å². The number of hydrogen-bond donors (Lipinski definition) is 1. The molecule has 0 aliphatic carbocycles. The second kappa shape index (κ2) is 7.83. The second-order valence-corrected chi connectivity index (χ2v) is 7.93. The number of aromatic nitrogens is 1. The predicted molar refractivity (Wildman–Crippen MR) is 98.0 cm³/mol. The second-order valence-electron chi connectivity index (χ2n) is 7.93. The lowest BCUT2D eigenvalue weighted by Gasteiger charge is -2.39. The van der Waals surface area contributed by atoms with E-state index in [-0.39, 0.29) is 5.91 Å². The summed E-state index contributed by atoms with van der Waals surface area (Å²) in [4.78, 5) is 21.2. The van der Waals surface area contributed by atoms with E-state index in [1.807, 2.05) is 17.0 Å². The summed E-state index contributed by atoms with van der Waals surface area (Å²) >= 11 is 0. The van der Waals surface area contributed by atoms with Gasteiger partial charge in [-0.25, -0.2) is 0 Å². The van der Waals surface area contributed by atoms with Gasteiger partial charge in [-0.05, 0) is 64.6 Å². The fourth-order valence-corrected chi connectivity index (χ4v) is 4.10. The Morgan fingerprint density at radius 3 is 2.52 bits per heavy atom. The Hall–Kier alpha value is -1.46. The molecular formula is C20H31N3O2. The number of rotatable bonds is 4. The van der Waals surface area contributed by atoms with Crippen molar-refractivity contribution in [2.45, 2.75) is 57.6 Å². The third-order valence-corrected chi connectivity index (χ3v) is 5.98. The van der Waals surface area contributed by atoms with Gasteiger partial charge in [-0.1, -0.05) is 6.07 Å². The van der Waals surface area contributed by atoms with E-state index < -0.39 is 5.60 Å². The number of carbonyl (C=O) groups is 1. The first kappa shape index (κ1) is 18.3. The van der Waals surface area contributed by atoms with Gasteiger partial charge in [-0.2, -0.15) is 0 Å². The van der Waals surface area contributed by atoms with Crippen LogP contribution >= 0.6 is 0 Å². The molecule has 5 nitrogen and oxygen atoms in total. The summed E-state index contributed by atoms with van der Waals surface area (Å²) in [5, 5.41) is 10.9. The SMILES string of the molecule is CC(C)N1CCC(CC(=O)N2CCC(O)(c3cccnc3)CC2)CC1. The summed E-state index contributed by atoms with van der Waals surface area (Å²) < 4.78 is 0. The lowest BCUT2D eigenvalue weighted by Crippen LogP contribution is -2.46. The van der Waals surface area contributed by atoms with Gasteiger partial charge in [0.05, 0.1) is 5.60 Å². The molecule has 2 aliphatic rings. The monoisotopic (exact) mass is 345 g/mol. The fourth-order valence-electron chi connectivity index (χ4n) is 4.10. The first-order valence-corrected chi connectivity index (χ1v) is 9.62. The zero-order chi connectivity index (χ0) is 17.9. The van der Waals surface area contributed by atoms with Crippen LogP contribution in [-0.4, -0.2) is 58.0 Å². The van der Waals surface area contributed by atoms with E-state index in [1.165, 1.54) is 0 Å². The summed E-state index contributed by atoms with van der Waals surface area (Å²) in [5.74, 6) is 0.776. The summed E-state index contributed by atoms with van der Waals surface area (Å²) in [7, 11) is 0. The van der Waals surface area contributed by atoms with Gasteiger partial charge < -0.3 is 14.9 Å². The highest BCUT2D eigenvalue weighted by Crippen LogP contribution is 2.33. The number of piperidine rings is 2. The maximum absolute atomic E-state index is 12.6. The molecule has 0 spiro atoms. The smallest absolute Gasteiger partial charge is 0.222 e. The number of nitrogens with zero attached hydrogens (tertiary/aromatic N) is 3. The maximum atomic E-state index is 12.6. The third kappa shape index (κ3) is 4.39. The van der Waals surface area contributed by atoms with E-state index in [4.69, 9.17) is 0 Å². The molecule has 3 rings (SSSR count). The van der Waals surface area contributed by atoms with Crippen molar-refractivity contribution in [3.05, 3.63) is 30.1 Å². The van der Waals surface area contributed by atoms with Crippen LogP contribution in [0.3, 0.4) is 0 Å². The van der Waals surface area contributed by atoms with Crippen LogP contribution in [0.25, 0.3) is 0 Å². The highest BCUT2D eigenvalue weighted by molar-refractivity contribution is 5.76. The summed E-state index contributed by atoms with van der Waals surface area (Å²) in [6.45, 7) is 7.96. The van der Waals surface area contributed by atoms with Crippen LogP contribution in [0.4, 0.5) is 0 Å². The topological polar surface area (TPSA) is 56.7 Å². The van der Waals surface area contributed by atoms with Crippen molar-refractivity contribution in [3.8, 4) is 0 Å². The lowest BCUT2D eigenvalue weighted by atomic mass is 9.85. The van der Waals surface area contributed by atoms with Crippen molar-refractivity contribution in [2.75, 3.05) is 26.2 Å². The normalized spacial score (nSPS) is 22.3. The molecule has 0 saturated carbocycles. The molecular weight excluding hydrogens is 314 g/mol. The maximum Gasteiger partial charge on any atom is 0.222 e. The first-order chi connectivity index (χ1) is 12.0. The molecule has 3 heterocycles. The standard InChI is InChI=1S/C20H31N3O2/c1-16(2)22-10-5-17(6-11-22)14-19(24)23-12-7-20(25,8-13-23)18-4-3-9-21-15-18/h3-4,9,15-17,25H,5-8,10-14H2,1-2H3. The summed E-state index contributed by atoms with van der Waals surface area (Å²) in [6.07, 6.45) is 7.55. The minimum absolute atomic E-state index is 0.260. The average molecular weight is 345 g/mol. The van der Waals surface area contributed by atoms with Crippen molar-refractivity contribution in [1.29, 1.82) is 0 Å². The van der Waals surface area contributed by atoms with Crippen molar-refractivity contribution in [2.24, 2.45) is 5.92 Å². The Bertz CT molecular complexity index is 560. The zero-order valence-corrected chi connectivity index (χ0v) is 15.5. The molecule has 0 bridgehead atoms. The van der Waals surface area contributed by atoms with Gasteiger partial charge in [0.15, 0.2) is 0 Å². The van der Waals surface area contributed by atoms with Crippen LogP contribution < -0.4 is 0 Å². The molecule has 1 amide bonds. The third-order valence-electron chi connectivity index (χ3n) is 5.98. The van der Waals surface area contributed by atoms with Crippen LogP contribution in [0.2, 0.25) is 0 Å². The number of pyridine rings is 1.